The van der Waals surface area contributed by atoms with E-state index >= 15 is 0 Å². The van der Waals surface area contributed by atoms with Crippen LogP contribution in [0.5, 0.6) is 0 Å². The summed E-state index contributed by atoms with van der Waals surface area (Å²) in [6, 6.07) is 1.65. The monoisotopic (exact) mass is 165 g/mol. The van der Waals surface area contributed by atoms with Crippen LogP contribution in [-0.2, 0) is 0 Å². The second-order valence-electron chi connectivity index (χ2n) is 2.35. The highest BCUT2D eigenvalue weighted by Gasteiger charge is 2.04. The van der Waals surface area contributed by atoms with Crippen molar-refractivity contribution in [2.24, 2.45) is 0 Å². The van der Waals surface area contributed by atoms with Gasteiger partial charge in [-0.05, 0) is 6.07 Å². The molecule has 64 valence electrons. The molecule has 3 heteroatoms. The maximum absolute atomic E-state index is 11.2. The maximum Gasteiger partial charge on any atom is 0.179 e. The molecule has 1 heterocycles. The minimum absolute atomic E-state index is 0.0330. The van der Waals surface area contributed by atoms with Crippen molar-refractivity contribution in [2.45, 2.75) is 0 Å². The predicted molar refractivity (Wildman–Crippen MR) is 46.1 cm³/mol. The van der Waals surface area contributed by atoms with Crippen LogP contribution in [0.3, 0.4) is 0 Å². The Labute approximate surface area is 71.1 Å². The number of Topliss-reactive ketones (excluding diaryl/α,β-unsaturated/α-hetero) is 1. The van der Waals surface area contributed by atoms with Gasteiger partial charge in [-0.2, -0.15) is 0 Å². The fraction of sp³-hybridized carbons (Fsp3) is 0.222. The van der Waals surface area contributed by atoms with Crippen molar-refractivity contribution in [3.05, 3.63) is 36.8 Å². The van der Waals surface area contributed by atoms with Gasteiger partial charge in [-0.3, -0.25) is 4.79 Å². The van der Waals surface area contributed by atoms with E-state index in [1.807, 2.05) is 0 Å². The Hall–Kier alpha value is -1.35. The Morgan fingerprint density at radius 1 is 1.75 bits per heavy atom. The van der Waals surface area contributed by atoms with Crippen LogP contribution in [0.4, 0.5) is 0 Å². The standard InChI is InChI=1S/C9H11NO2/c1-2-4-10-6-9(11)8-3-5-12-7-8/h2-3,5,7,10H,1,4,6H2. The summed E-state index contributed by atoms with van der Waals surface area (Å²) in [6.45, 7) is 4.50. The minimum Gasteiger partial charge on any atom is -0.472 e. The summed E-state index contributed by atoms with van der Waals surface area (Å²) < 4.78 is 4.77. The third kappa shape index (κ3) is 2.36. The van der Waals surface area contributed by atoms with Crippen molar-refractivity contribution >= 4 is 5.78 Å². The number of carbonyl (C=O) groups excluding carboxylic acids is 1. The fourth-order valence-electron chi connectivity index (χ4n) is 0.813. The first kappa shape index (κ1) is 8.74. The van der Waals surface area contributed by atoms with Gasteiger partial charge >= 0.3 is 0 Å². The molecular weight excluding hydrogens is 154 g/mol. The van der Waals surface area contributed by atoms with Crippen molar-refractivity contribution in [1.29, 1.82) is 0 Å². The lowest BCUT2D eigenvalue weighted by atomic mass is 10.2. The molecule has 0 aromatic carbocycles. The number of hydrogen-bond acceptors (Lipinski definition) is 3. The summed E-state index contributed by atoms with van der Waals surface area (Å²) in [5.41, 5.74) is 0.603. The summed E-state index contributed by atoms with van der Waals surface area (Å²) >= 11 is 0. The lowest BCUT2D eigenvalue weighted by Crippen LogP contribution is -2.22. The average molecular weight is 165 g/mol. The molecule has 1 N–H and O–H groups in total. The molecule has 0 radical (unpaired) electrons. The molecular formula is C9H11NO2. The van der Waals surface area contributed by atoms with Crippen LogP contribution >= 0.6 is 0 Å². The van der Waals surface area contributed by atoms with Gasteiger partial charge in [0.15, 0.2) is 5.78 Å². The van der Waals surface area contributed by atoms with E-state index in [4.69, 9.17) is 4.42 Å². The van der Waals surface area contributed by atoms with Crippen molar-refractivity contribution < 1.29 is 9.21 Å². The van der Waals surface area contributed by atoms with Gasteiger partial charge in [0.2, 0.25) is 0 Å². The zero-order valence-corrected chi connectivity index (χ0v) is 6.75. The molecule has 0 spiro atoms. The lowest BCUT2D eigenvalue weighted by Gasteiger charge is -1.97. The second-order valence-corrected chi connectivity index (χ2v) is 2.35. The summed E-state index contributed by atoms with van der Waals surface area (Å²) in [5.74, 6) is 0.0330. The summed E-state index contributed by atoms with van der Waals surface area (Å²) in [6.07, 6.45) is 4.64. The average Bonchev–Trinajstić information content (AvgIpc) is 2.56. The Balaban J connectivity index is 2.34. The first-order valence-electron chi connectivity index (χ1n) is 3.71. The molecule has 0 saturated carbocycles. The Kier molecular flexibility index (Phi) is 3.29. The van der Waals surface area contributed by atoms with E-state index in [1.54, 1.807) is 12.1 Å². The normalized spacial score (nSPS) is 9.67. The minimum atomic E-state index is 0.0330. The van der Waals surface area contributed by atoms with E-state index in [1.165, 1.54) is 12.5 Å². The molecule has 0 atom stereocenters. The Bertz CT molecular complexity index is 252. The Morgan fingerprint density at radius 3 is 3.17 bits per heavy atom. The number of rotatable bonds is 5. The Morgan fingerprint density at radius 2 is 2.58 bits per heavy atom. The van der Waals surface area contributed by atoms with Crippen molar-refractivity contribution in [3.8, 4) is 0 Å². The van der Waals surface area contributed by atoms with Crippen LogP contribution in [0.25, 0.3) is 0 Å². The van der Waals surface area contributed by atoms with Crippen molar-refractivity contribution in [1.82, 2.24) is 5.32 Å². The first-order chi connectivity index (χ1) is 5.84. The van der Waals surface area contributed by atoms with Gasteiger partial charge in [0, 0.05) is 6.54 Å². The van der Waals surface area contributed by atoms with Gasteiger partial charge in [-0.15, -0.1) is 6.58 Å². The van der Waals surface area contributed by atoms with Gasteiger partial charge in [0.1, 0.15) is 6.26 Å². The van der Waals surface area contributed by atoms with Crippen LogP contribution in [0.1, 0.15) is 10.4 Å². The van der Waals surface area contributed by atoms with E-state index in [0.29, 0.717) is 18.7 Å². The number of furan rings is 1. The summed E-state index contributed by atoms with van der Waals surface area (Å²) in [7, 11) is 0. The molecule has 0 aliphatic carbocycles. The third-order valence-corrected chi connectivity index (χ3v) is 1.42. The predicted octanol–water partition coefficient (Wildman–Crippen LogP) is 1.24. The van der Waals surface area contributed by atoms with Crippen LogP contribution in [-0.4, -0.2) is 18.9 Å². The number of nitrogens with one attached hydrogen (secondary N) is 1. The van der Waals surface area contributed by atoms with Crippen LogP contribution in [0, 0.1) is 0 Å². The van der Waals surface area contributed by atoms with Crippen molar-refractivity contribution in [2.75, 3.05) is 13.1 Å². The van der Waals surface area contributed by atoms with Gasteiger partial charge < -0.3 is 9.73 Å². The maximum atomic E-state index is 11.2. The summed E-state index contributed by atoms with van der Waals surface area (Å²) in [5, 5.41) is 2.91. The highest BCUT2D eigenvalue weighted by atomic mass is 16.3. The molecule has 0 saturated heterocycles. The molecule has 0 fully saturated rings. The SMILES string of the molecule is C=CCNCC(=O)c1ccoc1. The number of ketones is 1. The molecule has 3 nitrogen and oxygen atoms in total. The van der Waals surface area contributed by atoms with Crippen molar-refractivity contribution in [3.63, 3.8) is 0 Å². The van der Waals surface area contributed by atoms with E-state index in [-0.39, 0.29) is 5.78 Å². The molecule has 1 aromatic heterocycles. The first-order valence-corrected chi connectivity index (χ1v) is 3.71. The quantitative estimate of drug-likeness (QED) is 0.405. The molecule has 0 aliphatic rings. The van der Waals surface area contributed by atoms with E-state index in [9.17, 15) is 4.79 Å². The van der Waals surface area contributed by atoms with Gasteiger partial charge in [-0.25, -0.2) is 0 Å². The van der Waals surface area contributed by atoms with Gasteiger partial charge in [-0.1, -0.05) is 6.08 Å². The van der Waals surface area contributed by atoms with Crippen LogP contribution < -0.4 is 5.32 Å². The van der Waals surface area contributed by atoms with Crippen LogP contribution in [0.15, 0.2) is 35.7 Å². The molecule has 1 rings (SSSR count). The topological polar surface area (TPSA) is 42.2 Å². The molecule has 1 aromatic rings. The molecule has 12 heavy (non-hydrogen) atoms. The largest absolute Gasteiger partial charge is 0.472 e. The fourth-order valence-corrected chi connectivity index (χ4v) is 0.813. The van der Waals surface area contributed by atoms with E-state index in [0.717, 1.165) is 0 Å². The summed E-state index contributed by atoms with van der Waals surface area (Å²) in [4.78, 5) is 11.2. The number of carbonyl (C=O) groups is 1. The zero-order valence-electron chi connectivity index (χ0n) is 6.75. The van der Waals surface area contributed by atoms with E-state index in [2.05, 4.69) is 11.9 Å². The third-order valence-electron chi connectivity index (χ3n) is 1.42. The second kappa shape index (κ2) is 4.51. The van der Waals surface area contributed by atoms with Gasteiger partial charge in [0.25, 0.3) is 0 Å². The molecule has 0 aliphatic heterocycles. The van der Waals surface area contributed by atoms with Gasteiger partial charge in [0.05, 0.1) is 18.4 Å². The lowest BCUT2D eigenvalue weighted by molar-refractivity contribution is 0.0992. The molecule has 0 bridgehead atoms. The number of hydrogen-bond donors (Lipinski definition) is 1. The highest BCUT2D eigenvalue weighted by molar-refractivity contribution is 5.97. The van der Waals surface area contributed by atoms with Crippen LogP contribution in [0.2, 0.25) is 0 Å². The molecule has 0 unspecified atom stereocenters. The molecule has 0 amide bonds. The highest BCUT2D eigenvalue weighted by Crippen LogP contribution is 1.99. The zero-order chi connectivity index (χ0) is 8.81. The smallest absolute Gasteiger partial charge is 0.179 e. The van der Waals surface area contributed by atoms with E-state index < -0.39 is 0 Å².